The van der Waals surface area contributed by atoms with Gasteiger partial charge in [-0.05, 0) is 49.7 Å². The maximum atomic E-state index is 12.9. The predicted molar refractivity (Wildman–Crippen MR) is 93.7 cm³/mol. The van der Waals surface area contributed by atoms with Crippen molar-refractivity contribution in [3.63, 3.8) is 0 Å². The van der Waals surface area contributed by atoms with Gasteiger partial charge in [-0.1, -0.05) is 13.0 Å². The van der Waals surface area contributed by atoms with Gasteiger partial charge in [-0.3, -0.25) is 9.78 Å². The molecule has 25 heavy (non-hydrogen) atoms. The fourth-order valence-corrected chi connectivity index (χ4v) is 3.18. The zero-order valence-corrected chi connectivity index (χ0v) is 14.7. The van der Waals surface area contributed by atoms with Crippen molar-refractivity contribution in [2.45, 2.75) is 30.8 Å². The summed E-state index contributed by atoms with van der Waals surface area (Å²) in [5.41, 5.74) is 0.544. The summed E-state index contributed by atoms with van der Waals surface area (Å²) < 4.78 is 28.8. The molecule has 0 saturated carbocycles. The van der Waals surface area contributed by atoms with E-state index < -0.39 is 15.6 Å². The van der Waals surface area contributed by atoms with Crippen LogP contribution >= 0.6 is 0 Å². The molecule has 0 saturated heterocycles. The number of hydrogen-bond donors (Lipinski definition) is 1. The third-order valence-corrected chi connectivity index (χ3v) is 5.23. The number of rotatable bonds is 4. The zero-order chi connectivity index (χ0) is 18.2. The van der Waals surface area contributed by atoms with E-state index in [0.717, 1.165) is 0 Å². The van der Waals surface area contributed by atoms with Crippen LogP contribution in [-0.4, -0.2) is 24.8 Å². The molecule has 1 aromatic carbocycles. The summed E-state index contributed by atoms with van der Waals surface area (Å²) in [6.45, 7) is 3.62. The minimum atomic E-state index is -3.78. The first kappa shape index (κ1) is 17.3. The molecule has 130 valence electrons. The van der Waals surface area contributed by atoms with E-state index in [2.05, 4.69) is 4.98 Å². The van der Waals surface area contributed by atoms with E-state index in [0.29, 0.717) is 29.0 Å². The fraction of sp³-hybridized carbons (Fsp3) is 0.222. The number of primary sulfonamides is 1. The fourth-order valence-electron chi connectivity index (χ4n) is 2.67. The van der Waals surface area contributed by atoms with Crippen molar-refractivity contribution in [2.24, 2.45) is 5.14 Å². The lowest BCUT2D eigenvalue weighted by Crippen LogP contribution is -2.32. The Hall–Kier alpha value is -2.51. The average molecular weight is 358 g/mol. The van der Waals surface area contributed by atoms with Crippen molar-refractivity contribution in [2.75, 3.05) is 0 Å². The minimum absolute atomic E-state index is 0.00110. The summed E-state index contributed by atoms with van der Waals surface area (Å²) in [5, 5.41) is 5.13. The molecule has 7 heteroatoms. The normalized spacial score (nSPS) is 20.7. The highest BCUT2D eigenvalue weighted by Gasteiger charge is 2.45. The Bertz CT molecular complexity index is 950. The van der Waals surface area contributed by atoms with Crippen LogP contribution in [0.3, 0.4) is 0 Å². The van der Waals surface area contributed by atoms with Crippen LogP contribution in [0.4, 0.5) is 0 Å². The molecule has 3 rings (SSSR count). The Morgan fingerprint density at radius 3 is 2.36 bits per heavy atom. The van der Waals surface area contributed by atoms with Gasteiger partial charge < -0.3 is 4.74 Å². The lowest BCUT2D eigenvalue weighted by Gasteiger charge is -2.21. The molecule has 0 aliphatic carbocycles. The van der Waals surface area contributed by atoms with Crippen molar-refractivity contribution in [3.05, 3.63) is 59.9 Å². The lowest BCUT2D eigenvalue weighted by molar-refractivity contribution is -0.126. The van der Waals surface area contributed by atoms with Crippen molar-refractivity contribution >= 4 is 27.1 Å². The first-order valence-electron chi connectivity index (χ1n) is 7.79. The van der Waals surface area contributed by atoms with E-state index in [1.807, 2.05) is 6.92 Å². The Labute approximate surface area is 146 Å². The summed E-state index contributed by atoms with van der Waals surface area (Å²) in [7, 11) is -3.78. The van der Waals surface area contributed by atoms with Gasteiger partial charge in [-0.25, -0.2) is 13.6 Å². The van der Waals surface area contributed by atoms with Gasteiger partial charge in [0, 0.05) is 11.8 Å². The number of nitrogens with zero attached hydrogens (tertiary/aromatic N) is 1. The van der Waals surface area contributed by atoms with Gasteiger partial charge in [-0.2, -0.15) is 0 Å². The highest BCUT2D eigenvalue weighted by Crippen LogP contribution is 2.42. The number of carbonyl (C=O) groups is 1. The molecule has 1 aliphatic heterocycles. The molecule has 0 spiro atoms. The number of nitrogens with two attached hydrogens (primary N) is 1. The zero-order valence-electron chi connectivity index (χ0n) is 13.9. The van der Waals surface area contributed by atoms with Gasteiger partial charge in [-0.15, -0.1) is 0 Å². The SMILES string of the molecule is CCC1(C)OC(c2ccc(S(N)(=O)=O)cc2)=C(c2ccccn2)C1=O. The summed E-state index contributed by atoms with van der Waals surface area (Å²) in [6.07, 6.45) is 2.11. The smallest absolute Gasteiger partial charge is 0.238 e. The second kappa shape index (κ2) is 6.09. The molecule has 1 unspecified atom stereocenters. The number of ketones is 1. The number of pyridine rings is 1. The van der Waals surface area contributed by atoms with Crippen LogP contribution in [0.5, 0.6) is 0 Å². The first-order chi connectivity index (χ1) is 11.8. The van der Waals surface area contributed by atoms with E-state index in [9.17, 15) is 13.2 Å². The summed E-state index contributed by atoms with van der Waals surface area (Å²) in [6, 6.07) is 11.2. The second-order valence-electron chi connectivity index (χ2n) is 6.00. The number of ether oxygens (including phenoxy) is 1. The van der Waals surface area contributed by atoms with Gasteiger partial charge in [0.1, 0.15) is 5.76 Å². The molecule has 2 N–H and O–H groups in total. The minimum Gasteiger partial charge on any atom is -0.478 e. The van der Waals surface area contributed by atoms with Crippen molar-refractivity contribution < 1.29 is 17.9 Å². The molecule has 0 amide bonds. The van der Waals surface area contributed by atoms with E-state index >= 15 is 0 Å². The Kier molecular flexibility index (Phi) is 4.22. The molecular formula is C18H18N2O4S. The quantitative estimate of drug-likeness (QED) is 0.904. The van der Waals surface area contributed by atoms with Gasteiger partial charge in [0.2, 0.25) is 15.8 Å². The van der Waals surface area contributed by atoms with Gasteiger partial charge in [0.05, 0.1) is 16.2 Å². The molecule has 0 radical (unpaired) electrons. The molecule has 1 atom stereocenters. The Balaban J connectivity index is 2.15. The van der Waals surface area contributed by atoms with Gasteiger partial charge in [0.25, 0.3) is 0 Å². The summed E-state index contributed by atoms with van der Waals surface area (Å²) in [5.74, 6) is 0.258. The van der Waals surface area contributed by atoms with Crippen LogP contribution in [0.1, 0.15) is 31.5 Å². The Morgan fingerprint density at radius 1 is 1.16 bits per heavy atom. The maximum Gasteiger partial charge on any atom is 0.238 e. The van der Waals surface area contributed by atoms with E-state index in [1.165, 1.54) is 12.1 Å². The number of carbonyl (C=O) groups excluding carboxylic acids is 1. The van der Waals surface area contributed by atoms with Gasteiger partial charge in [0.15, 0.2) is 5.60 Å². The maximum absolute atomic E-state index is 12.9. The first-order valence-corrected chi connectivity index (χ1v) is 9.33. The van der Waals surface area contributed by atoms with Crippen LogP contribution in [0.15, 0.2) is 53.6 Å². The number of Topliss-reactive ketones (excluding diaryl/α,β-unsaturated/α-hetero) is 1. The molecule has 1 aromatic heterocycles. The third kappa shape index (κ3) is 3.08. The predicted octanol–water partition coefficient (Wildman–Crippen LogP) is 2.37. The van der Waals surface area contributed by atoms with Crippen molar-refractivity contribution in [1.29, 1.82) is 0 Å². The highest BCUT2D eigenvalue weighted by molar-refractivity contribution is 7.89. The highest BCUT2D eigenvalue weighted by atomic mass is 32.2. The largest absolute Gasteiger partial charge is 0.478 e. The van der Waals surface area contributed by atoms with Crippen molar-refractivity contribution in [1.82, 2.24) is 4.98 Å². The van der Waals surface area contributed by atoms with Crippen LogP contribution < -0.4 is 5.14 Å². The molecule has 2 heterocycles. The number of aromatic nitrogens is 1. The van der Waals surface area contributed by atoms with Crippen LogP contribution in [0.25, 0.3) is 11.3 Å². The monoisotopic (exact) mass is 358 g/mol. The van der Waals surface area contributed by atoms with Crippen molar-refractivity contribution in [3.8, 4) is 0 Å². The molecule has 6 nitrogen and oxygen atoms in total. The number of hydrogen-bond acceptors (Lipinski definition) is 5. The molecule has 0 fully saturated rings. The Morgan fingerprint density at radius 2 is 1.84 bits per heavy atom. The number of sulfonamides is 1. The molecular weight excluding hydrogens is 340 g/mol. The summed E-state index contributed by atoms with van der Waals surface area (Å²) in [4.78, 5) is 17.2. The standard InChI is InChI=1S/C18H18N2O4S/c1-3-18(2)17(21)15(14-6-4-5-11-20-14)16(24-18)12-7-9-13(10-8-12)25(19,22)23/h4-11H,3H2,1-2H3,(H2,19,22,23). The second-order valence-corrected chi connectivity index (χ2v) is 7.57. The topological polar surface area (TPSA) is 99.3 Å². The average Bonchev–Trinajstić information content (AvgIpc) is 2.87. The molecule has 2 aromatic rings. The number of benzene rings is 1. The van der Waals surface area contributed by atoms with Crippen LogP contribution in [0.2, 0.25) is 0 Å². The third-order valence-electron chi connectivity index (χ3n) is 4.30. The van der Waals surface area contributed by atoms with Gasteiger partial charge >= 0.3 is 0 Å². The molecule has 0 bridgehead atoms. The molecule has 1 aliphatic rings. The van der Waals surface area contributed by atoms with E-state index in [1.54, 1.807) is 43.5 Å². The van der Waals surface area contributed by atoms with Crippen LogP contribution in [-0.2, 0) is 19.6 Å². The van der Waals surface area contributed by atoms with Crippen LogP contribution in [0, 0.1) is 0 Å². The van der Waals surface area contributed by atoms with E-state index in [4.69, 9.17) is 9.88 Å². The summed E-state index contributed by atoms with van der Waals surface area (Å²) >= 11 is 0. The van der Waals surface area contributed by atoms with E-state index in [-0.39, 0.29) is 10.7 Å². The lowest BCUT2D eigenvalue weighted by atomic mass is 9.92.